The maximum atomic E-state index is 12.7. The molecule has 4 nitrogen and oxygen atoms in total. The number of nitrogens with zero attached hydrogens (tertiary/aromatic N) is 1. The van der Waals surface area contributed by atoms with Crippen molar-refractivity contribution in [3.05, 3.63) is 59.9 Å². The number of benzene rings is 2. The van der Waals surface area contributed by atoms with Gasteiger partial charge in [0.15, 0.2) is 0 Å². The Bertz CT molecular complexity index is 599. The summed E-state index contributed by atoms with van der Waals surface area (Å²) in [6, 6.07) is 13.1. The van der Waals surface area contributed by atoms with Crippen LogP contribution in [0.3, 0.4) is 0 Å². The lowest BCUT2D eigenvalue weighted by Gasteiger charge is -2.09. The first kappa shape index (κ1) is 14.1. The van der Waals surface area contributed by atoms with E-state index in [0.717, 1.165) is 5.56 Å². The molecular formula is C14H13FN3OS+. The summed E-state index contributed by atoms with van der Waals surface area (Å²) < 4.78 is 18.1. The molecule has 0 unspecified atom stereocenters. The Kier molecular flexibility index (Phi) is 4.73. The van der Waals surface area contributed by atoms with Crippen molar-refractivity contribution in [2.24, 2.45) is 5.11 Å². The Balaban J connectivity index is 1.85. The van der Waals surface area contributed by atoms with E-state index in [1.807, 2.05) is 12.1 Å². The standard InChI is InChI=1S/C14H12FN3OS/c15-11-3-7-12(8-4-11)17-14(20)19-9-10-1-5-13(18-16)6-2-10/h1-8,16H,9H2,(H,17,20)/p+1. The van der Waals surface area contributed by atoms with Crippen molar-refractivity contribution < 1.29 is 14.7 Å². The van der Waals surface area contributed by atoms with Crippen molar-refractivity contribution in [2.75, 3.05) is 5.32 Å². The number of halogens is 1. The largest absolute Gasteiger partial charge is 0.466 e. The number of nitrogens with one attached hydrogen (secondary N) is 1. The smallest absolute Gasteiger partial charge is 0.261 e. The summed E-state index contributed by atoms with van der Waals surface area (Å²) >= 11 is 5.05. The molecular weight excluding hydrogens is 277 g/mol. The SMILES string of the molecule is [NH2+]=Nc1ccc(COC(=S)Nc2ccc(F)cc2)cc1. The number of ether oxygens (including phenoxy) is 1. The van der Waals surface area contributed by atoms with Crippen molar-refractivity contribution in [1.82, 2.24) is 0 Å². The van der Waals surface area contributed by atoms with Gasteiger partial charge in [0.2, 0.25) is 0 Å². The Morgan fingerprint density at radius 1 is 1.15 bits per heavy atom. The maximum Gasteiger partial charge on any atom is 0.261 e. The molecule has 0 saturated carbocycles. The summed E-state index contributed by atoms with van der Waals surface area (Å²) in [4.78, 5) is 0. The topological polar surface area (TPSA) is 59.2 Å². The Labute approximate surface area is 121 Å². The molecule has 0 atom stereocenters. The van der Waals surface area contributed by atoms with E-state index < -0.39 is 0 Å². The minimum atomic E-state index is -0.298. The Morgan fingerprint density at radius 2 is 1.80 bits per heavy atom. The first-order valence-electron chi connectivity index (χ1n) is 5.86. The molecule has 6 heteroatoms. The van der Waals surface area contributed by atoms with Gasteiger partial charge in [-0.1, -0.05) is 12.1 Å². The second kappa shape index (κ2) is 6.72. The Hall–Kier alpha value is -2.34. The second-order valence-electron chi connectivity index (χ2n) is 4.00. The molecule has 0 aromatic heterocycles. The lowest BCUT2D eigenvalue weighted by Crippen LogP contribution is -2.21. The third-order valence-electron chi connectivity index (χ3n) is 2.55. The molecule has 0 bridgehead atoms. The van der Waals surface area contributed by atoms with E-state index >= 15 is 0 Å². The molecule has 3 N–H and O–H groups in total. The number of anilines is 1. The highest BCUT2D eigenvalue weighted by Crippen LogP contribution is 2.13. The lowest BCUT2D eigenvalue weighted by molar-refractivity contribution is -0.210. The molecule has 0 aliphatic heterocycles. The highest BCUT2D eigenvalue weighted by molar-refractivity contribution is 7.80. The fraction of sp³-hybridized carbons (Fsp3) is 0.0714. The van der Waals surface area contributed by atoms with Crippen LogP contribution in [0.25, 0.3) is 0 Å². The zero-order chi connectivity index (χ0) is 14.4. The first-order valence-corrected chi connectivity index (χ1v) is 6.27. The molecule has 0 fully saturated rings. The van der Waals surface area contributed by atoms with Crippen molar-refractivity contribution in [2.45, 2.75) is 6.61 Å². The molecule has 0 amide bonds. The van der Waals surface area contributed by atoms with Crippen LogP contribution >= 0.6 is 12.2 Å². The lowest BCUT2D eigenvalue weighted by atomic mass is 10.2. The van der Waals surface area contributed by atoms with Gasteiger partial charge >= 0.3 is 0 Å². The van der Waals surface area contributed by atoms with Crippen molar-refractivity contribution >= 4 is 28.8 Å². The number of thiocarbonyl (C=S) groups is 1. The molecule has 2 aromatic carbocycles. The summed E-state index contributed by atoms with van der Waals surface area (Å²) in [5.74, 6) is -0.298. The van der Waals surface area contributed by atoms with Gasteiger partial charge < -0.3 is 10.1 Å². The molecule has 0 saturated heterocycles. The second-order valence-corrected chi connectivity index (χ2v) is 4.37. The van der Waals surface area contributed by atoms with Gasteiger partial charge in [0.1, 0.15) is 18.1 Å². The quantitative estimate of drug-likeness (QED) is 0.672. The van der Waals surface area contributed by atoms with Gasteiger partial charge in [-0.15, -0.1) is 0 Å². The molecule has 20 heavy (non-hydrogen) atoms. The molecule has 102 valence electrons. The summed E-state index contributed by atoms with van der Waals surface area (Å²) in [7, 11) is 0. The normalized spacial score (nSPS) is 9.85. The van der Waals surface area contributed by atoms with Crippen LogP contribution in [-0.2, 0) is 11.3 Å². The molecule has 0 heterocycles. The molecule has 0 radical (unpaired) electrons. The predicted molar refractivity (Wildman–Crippen MR) is 77.9 cm³/mol. The van der Waals surface area contributed by atoms with Gasteiger partial charge in [-0.25, -0.2) is 4.39 Å². The van der Waals surface area contributed by atoms with Gasteiger partial charge in [-0.05, 0) is 59.3 Å². The van der Waals surface area contributed by atoms with E-state index in [1.54, 1.807) is 24.3 Å². The number of nitrogens with two attached hydrogens (primary N) is 1. The average Bonchev–Trinajstić information content (AvgIpc) is 2.48. The third-order valence-corrected chi connectivity index (χ3v) is 2.77. The van der Waals surface area contributed by atoms with Gasteiger partial charge in [0.25, 0.3) is 5.17 Å². The van der Waals surface area contributed by atoms with Gasteiger partial charge in [0.05, 0.1) is 0 Å². The summed E-state index contributed by atoms with van der Waals surface area (Å²) in [5.41, 5.74) is 7.47. The van der Waals surface area contributed by atoms with E-state index in [-0.39, 0.29) is 11.0 Å². The molecule has 0 aliphatic carbocycles. The van der Waals surface area contributed by atoms with E-state index in [4.69, 9.17) is 22.5 Å². The molecule has 0 aliphatic rings. The van der Waals surface area contributed by atoms with Crippen LogP contribution in [0.15, 0.2) is 53.6 Å². The highest BCUT2D eigenvalue weighted by atomic mass is 32.1. The zero-order valence-corrected chi connectivity index (χ0v) is 11.4. The zero-order valence-electron chi connectivity index (χ0n) is 10.5. The minimum absolute atomic E-state index is 0.226. The van der Waals surface area contributed by atoms with Gasteiger partial charge in [-0.3, -0.25) is 0 Å². The van der Waals surface area contributed by atoms with E-state index in [1.165, 1.54) is 12.1 Å². The molecule has 0 spiro atoms. The summed E-state index contributed by atoms with van der Waals surface area (Å²) in [6.45, 7) is 0.331. The van der Waals surface area contributed by atoms with Crippen LogP contribution in [0.4, 0.5) is 15.8 Å². The highest BCUT2D eigenvalue weighted by Gasteiger charge is 2.01. The van der Waals surface area contributed by atoms with Crippen LogP contribution in [0.1, 0.15) is 5.56 Å². The van der Waals surface area contributed by atoms with Crippen LogP contribution in [0.5, 0.6) is 0 Å². The molecule has 2 aromatic rings. The fourth-order valence-electron chi connectivity index (χ4n) is 1.51. The maximum absolute atomic E-state index is 12.7. The van der Waals surface area contributed by atoms with Crippen molar-refractivity contribution in [3.63, 3.8) is 0 Å². The third kappa shape index (κ3) is 4.10. The molecule has 2 rings (SSSR count). The summed E-state index contributed by atoms with van der Waals surface area (Å²) in [6.07, 6.45) is 0. The summed E-state index contributed by atoms with van der Waals surface area (Å²) in [5, 5.41) is 6.65. The van der Waals surface area contributed by atoms with Crippen molar-refractivity contribution in [3.8, 4) is 0 Å². The van der Waals surface area contributed by atoms with E-state index in [0.29, 0.717) is 18.0 Å². The van der Waals surface area contributed by atoms with Crippen molar-refractivity contribution in [1.29, 1.82) is 0 Å². The predicted octanol–water partition coefficient (Wildman–Crippen LogP) is 2.58. The van der Waals surface area contributed by atoms with Crippen LogP contribution in [0, 0.1) is 5.82 Å². The first-order chi connectivity index (χ1) is 9.67. The Morgan fingerprint density at radius 3 is 2.40 bits per heavy atom. The number of rotatable bonds is 4. The fourth-order valence-corrected chi connectivity index (χ4v) is 1.69. The number of hydrogen-bond acceptors (Lipinski definition) is 3. The minimum Gasteiger partial charge on any atom is -0.466 e. The monoisotopic (exact) mass is 290 g/mol. The van der Waals surface area contributed by atoms with Gasteiger partial charge in [-0.2, -0.15) is 5.53 Å². The van der Waals surface area contributed by atoms with E-state index in [9.17, 15) is 4.39 Å². The van der Waals surface area contributed by atoms with Crippen LogP contribution in [-0.4, -0.2) is 5.17 Å². The number of hydrogen-bond donors (Lipinski definition) is 2. The average molecular weight is 290 g/mol. The van der Waals surface area contributed by atoms with E-state index in [2.05, 4.69) is 10.4 Å². The van der Waals surface area contributed by atoms with Crippen LogP contribution < -0.4 is 10.8 Å². The van der Waals surface area contributed by atoms with Crippen LogP contribution in [0.2, 0.25) is 0 Å². The van der Waals surface area contributed by atoms with Gasteiger partial charge in [0, 0.05) is 5.69 Å².